The lowest BCUT2D eigenvalue weighted by Crippen LogP contribution is -2.09. The molecule has 1 unspecified atom stereocenters. The SMILES string of the molecule is CC(CNc1ccc(Br)c(Cl)c1)c1ccccc1. The van der Waals surface area contributed by atoms with E-state index in [-0.39, 0.29) is 0 Å². The Morgan fingerprint density at radius 1 is 1.17 bits per heavy atom. The molecule has 2 aromatic rings. The molecule has 0 aliphatic carbocycles. The van der Waals surface area contributed by atoms with Gasteiger partial charge in [0.2, 0.25) is 0 Å². The first-order valence-corrected chi connectivity index (χ1v) is 7.08. The molecule has 0 aromatic heterocycles. The van der Waals surface area contributed by atoms with E-state index >= 15 is 0 Å². The van der Waals surface area contributed by atoms with Crippen molar-refractivity contribution in [2.24, 2.45) is 0 Å². The predicted molar refractivity (Wildman–Crippen MR) is 82.5 cm³/mol. The minimum absolute atomic E-state index is 0.466. The van der Waals surface area contributed by atoms with Crippen molar-refractivity contribution in [2.45, 2.75) is 12.8 Å². The molecule has 94 valence electrons. The summed E-state index contributed by atoms with van der Waals surface area (Å²) in [5, 5.41) is 4.13. The second-order valence-corrected chi connectivity index (χ2v) is 5.58. The molecule has 18 heavy (non-hydrogen) atoms. The molecule has 0 bridgehead atoms. The van der Waals surface area contributed by atoms with E-state index in [0.717, 1.165) is 21.7 Å². The largest absolute Gasteiger partial charge is 0.384 e. The highest BCUT2D eigenvalue weighted by Gasteiger charge is 2.05. The van der Waals surface area contributed by atoms with Crippen molar-refractivity contribution in [3.05, 3.63) is 63.6 Å². The lowest BCUT2D eigenvalue weighted by molar-refractivity contribution is 0.805. The molecule has 0 spiro atoms. The van der Waals surface area contributed by atoms with Crippen LogP contribution in [0.2, 0.25) is 5.02 Å². The first-order chi connectivity index (χ1) is 8.66. The van der Waals surface area contributed by atoms with Crippen LogP contribution in [-0.2, 0) is 0 Å². The normalized spacial score (nSPS) is 12.2. The number of halogens is 2. The fourth-order valence-corrected chi connectivity index (χ4v) is 2.20. The van der Waals surface area contributed by atoms with E-state index in [4.69, 9.17) is 11.6 Å². The Balaban J connectivity index is 1.97. The van der Waals surface area contributed by atoms with Crippen LogP contribution in [0.15, 0.2) is 53.0 Å². The molecule has 0 fully saturated rings. The summed E-state index contributed by atoms with van der Waals surface area (Å²) >= 11 is 9.45. The summed E-state index contributed by atoms with van der Waals surface area (Å²) in [6.45, 7) is 3.10. The van der Waals surface area contributed by atoms with Gasteiger partial charge in [-0.05, 0) is 45.6 Å². The van der Waals surface area contributed by atoms with Gasteiger partial charge in [-0.15, -0.1) is 0 Å². The third-order valence-corrected chi connectivity index (χ3v) is 4.13. The van der Waals surface area contributed by atoms with Crippen LogP contribution >= 0.6 is 27.5 Å². The van der Waals surface area contributed by atoms with Gasteiger partial charge in [-0.3, -0.25) is 0 Å². The standard InChI is InChI=1S/C15H15BrClN/c1-11(12-5-3-2-4-6-12)10-18-13-7-8-14(16)15(17)9-13/h2-9,11,18H,10H2,1H3. The van der Waals surface area contributed by atoms with Gasteiger partial charge < -0.3 is 5.32 Å². The second-order valence-electron chi connectivity index (χ2n) is 4.32. The highest BCUT2D eigenvalue weighted by molar-refractivity contribution is 9.10. The Labute approximate surface area is 121 Å². The molecule has 1 atom stereocenters. The van der Waals surface area contributed by atoms with Crippen LogP contribution in [0.1, 0.15) is 18.4 Å². The van der Waals surface area contributed by atoms with Crippen LogP contribution in [0, 0.1) is 0 Å². The molecule has 0 radical (unpaired) electrons. The van der Waals surface area contributed by atoms with Crippen LogP contribution in [0.4, 0.5) is 5.69 Å². The van der Waals surface area contributed by atoms with E-state index in [9.17, 15) is 0 Å². The highest BCUT2D eigenvalue weighted by atomic mass is 79.9. The third kappa shape index (κ3) is 3.50. The third-order valence-electron chi connectivity index (χ3n) is 2.90. The smallest absolute Gasteiger partial charge is 0.0568 e. The van der Waals surface area contributed by atoms with Gasteiger partial charge in [0.25, 0.3) is 0 Å². The van der Waals surface area contributed by atoms with E-state index in [1.165, 1.54) is 5.56 Å². The average Bonchev–Trinajstić information content (AvgIpc) is 2.41. The molecule has 0 saturated carbocycles. The van der Waals surface area contributed by atoms with Crippen molar-refractivity contribution in [3.8, 4) is 0 Å². The number of benzene rings is 2. The maximum Gasteiger partial charge on any atom is 0.0568 e. The van der Waals surface area contributed by atoms with E-state index in [0.29, 0.717) is 5.92 Å². The van der Waals surface area contributed by atoms with Crippen LogP contribution in [0.5, 0.6) is 0 Å². The summed E-state index contributed by atoms with van der Waals surface area (Å²) in [5.74, 6) is 0.466. The summed E-state index contributed by atoms with van der Waals surface area (Å²) in [5.41, 5.74) is 2.39. The molecule has 1 N–H and O–H groups in total. The predicted octanol–water partition coefficient (Wildman–Crippen LogP) is 5.32. The number of hydrogen-bond acceptors (Lipinski definition) is 1. The molecular formula is C15H15BrClN. The van der Waals surface area contributed by atoms with Gasteiger partial charge in [-0.25, -0.2) is 0 Å². The molecule has 0 amide bonds. The summed E-state index contributed by atoms with van der Waals surface area (Å²) in [6.07, 6.45) is 0. The first-order valence-electron chi connectivity index (χ1n) is 5.90. The Morgan fingerprint density at radius 3 is 2.56 bits per heavy atom. The van der Waals surface area contributed by atoms with Crippen molar-refractivity contribution in [1.29, 1.82) is 0 Å². The van der Waals surface area contributed by atoms with Crippen molar-refractivity contribution >= 4 is 33.2 Å². The Hall–Kier alpha value is -0.990. The summed E-state index contributed by atoms with van der Waals surface area (Å²) in [7, 11) is 0. The van der Waals surface area contributed by atoms with Crippen molar-refractivity contribution in [2.75, 3.05) is 11.9 Å². The van der Waals surface area contributed by atoms with Gasteiger partial charge in [0.05, 0.1) is 5.02 Å². The molecule has 3 heteroatoms. The van der Waals surface area contributed by atoms with Gasteiger partial charge in [-0.1, -0.05) is 48.9 Å². The summed E-state index contributed by atoms with van der Waals surface area (Å²) < 4.78 is 0.922. The molecule has 0 aliphatic rings. The Kier molecular flexibility index (Phi) is 4.67. The zero-order chi connectivity index (χ0) is 13.0. The van der Waals surface area contributed by atoms with E-state index in [2.05, 4.69) is 52.4 Å². The number of rotatable bonds is 4. The monoisotopic (exact) mass is 323 g/mol. The van der Waals surface area contributed by atoms with Gasteiger partial charge >= 0.3 is 0 Å². The molecular weight excluding hydrogens is 310 g/mol. The number of nitrogens with one attached hydrogen (secondary N) is 1. The lowest BCUT2D eigenvalue weighted by atomic mass is 10.0. The topological polar surface area (TPSA) is 12.0 Å². The quantitative estimate of drug-likeness (QED) is 0.802. The number of hydrogen-bond donors (Lipinski definition) is 1. The molecule has 0 aliphatic heterocycles. The van der Waals surface area contributed by atoms with Crippen molar-refractivity contribution in [1.82, 2.24) is 0 Å². The Morgan fingerprint density at radius 2 is 1.89 bits per heavy atom. The highest BCUT2D eigenvalue weighted by Crippen LogP contribution is 2.26. The molecule has 2 rings (SSSR count). The van der Waals surface area contributed by atoms with Crippen LogP contribution in [0.25, 0.3) is 0 Å². The minimum Gasteiger partial charge on any atom is -0.384 e. The summed E-state index contributed by atoms with van der Waals surface area (Å²) in [4.78, 5) is 0. The molecule has 0 saturated heterocycles. The zero-order valence-corrected chi connectivity index (χ0v) is 12.5. The fourth-order valence-electron chi connectivity index (χ4n) is 1.78. The first kappa shape index (κ1) is 13.4. The molecule has 2 aromatic carbocycles. The lowest BCUT2D eigenvalue weighted by Gasteiger charge is -2.14. The maximum absolute atomic E-state index is 6.06. The summed E-state index contributed by atoms with van der Waals surface area (Å²) in [6, 6.07) is 16.4. The minimum atomic E-state index is 0.466. The van der Waals surface area contributed by atoms with Crippen LogP contribution < -0.4 is 5.32 Å². The number of anilines is 1. The van der Waals surface area contributed by atoms with Gasteiger partial charge in [0, 0.05) is 16.7 Å². The van der Waals surface area contributed by atoms with Crippen molar-refractivity contribution in [3.63, 3.8) is 0 Å². The maximum atomic E-state index is 6.06. The van der Waals surface area contributed by atoms with Gasteiger partial charge in [-0.2, -0.15) is 0 Å². The van der Waals surface area contributed by atoms with Crippen LogP contribution in [0.3, 0.4) is 0 Å². The average molecular weight is 325 g/mol. The zero-order valence-electron chi connectivity index (χ0n) is 10.2. The van der Waals surface area contributed by atoms with Crippen LogP contribution in [-0.4, -0.2) is 6.54 Å². The van der Waals surface area contributed by atoms with Crippen molar-refractivity contribution < 1.29 is 0 Å². The van der Waals surface area contributed by atoms with Gasteiger partial charge in [0.15, 0.2) is 0 Å². The van der Waals surface area contributed by atoms with E-state index in [1.807, 2.05) is 24.3 Å². The molecule has 0 heterocycles. The van der Waals surface area contributed by atoms with E-state index in [1.54, 1.807) is 0 Å². The van der Waals surface area contributed by atoms with Gasteiger partial charge in [0.1, 0.15) is 0 Å². The fraction of sp³-hybridized carbons (Fsp3) is 0.200. The van der Waals surface area contributed by atoms with E-state index < -0.39 is 0 Å². The molecule has 1 nitrogen and oxygen atoms in total. The Bertz CT molecular complexity index is 513. The second kappa shape index (κ2) is 6.26.